The Kier molecular flexibility index (Phi) is 4.24. The van der Waals surface area contributed by atoms with Crippen molar-refractivity contribution in [2.24, 2.45) is 0 Å². The van der Waals surface area contributed by atoms with Gasteiger partial charge in [0.05, 0.1) is 22.6 Å². The molecule has 4 nitrogen and oxygen atoms in total. The van der Waals surface area contributed by atoms with E-state index in [1.165, 1.54) is 5.56 Å². The zero-order chi connectivity index (χ0) is 19.0. The Morgan fingerprint density at radius 3 is 2.37 bits per heavy atom. The average Bonchev–Trinajstić information content (AvgIpc) is 3.07. The highest BCUT2D eigenvalue weighted by Crippen LogP contribution is 2.29. The zero-order valence-corrected chi connectivity index (χ0v) is 15.7. The Labute approximate surface area is 158 Å². The van der Waals surface area contributed by atoms with Gasteiger partial charge in [0.2, 0.25) is 0 Å². The van der Waals surface area contributed by atoms with Crippen molar-refractivity contribution in [3.05, 3.63) is 93.9 Å². The van der Waals surface area contributed by atoms with Crippen LogP contribution in [0.5, 0.6) is 0 Å². The first kappa shape index (κ1) is 17.0. The molecule has 0 fully saturated rings. The van der Waals surface area contributed by atoms with E-state index in [-0.39, 0.29) is 5.56 Å². The molecule has 2 aromatic heterocycles. The Bertz CT molecular complexity index is 1170. The number of hydrogen-bond donors (Lipinski definition) is 1. The normalized spacial score (nSPS) is 10.9. The molecule has 0 saturated heterocycles. The number of rotatable bonds is 3. The second-order valence-corrected chi connectivity index (χ2v) is 6.87. The highest BCUT2D eigenvalue weighted by atomic mass is 16.1. The van der Waals surface area contributed by atoms with Crippen molar-refractivity contribution in [2.75, 3.05) is 0 Å². The van der Waals surface area contributed by atoms with Crippen LogP contribution in [0.2, 0.25) is 0 Å². The summed E-state index contributed by atoms with van der Waals surface area (Å²) in [6.07, 6.45) is 0. The van der Waals surface area contributed by atoms with Crippen molar-refractivity contribution in [3.63, 3.8) is 0 Å². The van der Waals surface area contributed by atoms with Crippen molar-refractivity contribution < 1.29 is 0 Å². The molecule has 0 aliphatic heterocycles. The SMILES string of the molecule is Cc1ccc(-n2nc(-c3ccc(C)[nH]c3=O)cc2-c2ccccc2)c(C)c1. The molecule has 0 spiro atoms. The third kappa shape index (κ3) is 3.22. The molecule has 1 N–H and O–H groups in total. The minimum absolute atomic E-state index is 0.125. The molecular weight excluding hydrogens is 334 g/mol. The number of nitrogens with zero attached hydrogens (tertiary/aromatic N) is 2. The second-order valence-electron chi connectivity index (χ2n) is 6.87. The molecule has 4 aromatic rings. The number of benzene rings is 2. The number of aromatic nitrogens is 3. The molecule has 0 unspecified atom stereocenters. The lowest BCUT2D eigenvalue weighted by Crippen LogP contribution is -2.10. The number of aromatic amines is 1. The highest BCUT2D eigenvalue weighted by molar-refractivity contribution is 5.70. The predicted octanol–water partition coefficient (Wildman–Crippen LogP) is 4.82. The number of nitrogens with one attached hydrogen (secondary N) is 1. The molecular formula is C23H21N3O. The summed E-state index contributed by atoms with van der Waals surface area (Å²) < 4.78 is 1.93. The van der Waals surface area contributed by atoms with E-state index in [2.05, 4.69) is 49.2 Å². The van der Waals surface area contributed by atoms with Gasteiger partial charge in [-0.15, -0.1) is 0 Å². The van der Waals surface area contributed by atoms with Gasteiger partial charge in [-0.05, 0) is 50.6 Å². The first-order chi connectivity index (χ1) is 13.0. The number of aryl methyl sites for hydroxylation is 3. The van der Waals surface area contributed by atoms with E-state index in [1.807, 2.05) is 48.0 Å². The summed E-state index contributed by atoms with van der Waals surface area (Å²) in [5, 5.41) is 4.80. The van der Waals surface area contributed by atoms with Gasteiger partial charge in [-0.2, -0.15) is 5.10 Å². The lowest BCUT2D eigenvalue weighted by molar-refractivity contribution is 0.882. The Morgan fingerprint density at radius 1 is 0.889 bits per heavy atom. The van der Waals surface area contributed by atoms with Crippen LogP contribution in [0.15, 0.2) is 71.5 Å². The number of H-pyrrole nitrogens is 1. The van der Waals surface area contributed by atoms with E-state index in [1.54, 1.807) is 0 Å². The lowest BCUT2D eigenvalue weighted by atomic mass is 10.1. The molecule has 0 aliphatic carbocycles. The second kappa shape index (κ2) is 6.72. The summed E-state index contributed by atoms with van der Waals surface area (Å²) >= 11 is 0. The third-order valence-corrected chi connectivity index (χ3v) is 4.69. The van der Waals surface area contributed by atoms with E-state index in [0.29, 0.717) is 11.3 Å². The van der Waals surface area contributed by atoms with Crippen LogP contribution in [-0.2, 0) is 0 Å². The largest absolute Gasteiger partial charge is 0.326 e. The van der Waals surface area contributed by atoms with Crippen LogP contribution in [-0.4, -0.2) is 14.8 Å². The Morgan fingerprint density at radius 2 is 1.67 bits per heavy atom. The van der Waals surface area contributed by atoms with Crippen LogP contribution in [0.4, 0.5) is 0 Å². The van der Waals surface area contributed by atoms with Gasteiger partial charge in [-0.1, -0.05) is 48.0 Å². The highest BCUT2D eigenvalue weighted by Gasteiger charge is 2.16. The topological polar surface area (TPSA) is 50.7 Å². The van der Waals surface area contributed by atoms with Crippen LogP contribution < -0.4 is 5.56 Å². The minimum Gasteiger partial charge on any atom is -0.326 e. The van der Waals surface area contributed by atoms with Crippen molar-refractivity contribution >= 4 is 0 Å². The molecule has 0 aliphatic rings. The van der Waals surface area contributed by atoms with Gasteiger partial charge in [-0.25, -0.2) is 4.68 Å². The Hall–Kier alpha value is -3.40. The summed E-state index contributed by atoms with van der Waals surface area (Å²) in [6.45, 7) is 6.03. The fraction of sp³-hybridized carbons (Fsp3) is 0.130. The summed E-state index contributed by atoms with van der Waals surface area (Å²) in [7, 11) is 0. The molecule has 2 heterocycles. The molecule has 0 bridgehead atoms. The van der Waals surface area contributed by atoms with E-state index < -0.39 is 0 Å². The summed E-state index contributed by atoms with van der Waals surface area (Å²) in [5.74, 6) is 0. The van der Waals surface area contributed by atoms with Gasteiger partial charge >= 0.3 is 0 Å². The standard InChI is InChI=1S/C23H21N3O/c1-15-9-12-21(16(2)13-15)26-22(18-7-5-4-6-8-18)14-20(25-26)19-11-10-17(3)24-23(19)27/h4-14H,1-3H3,(H,24,27). The monoisotopic (exact) mass is 355 g/mol. The summed E-state index contributed by atoms with van der Waals surface area (Å²) in [5.41, 5.74) is 7.31. The quantitative estimate of drug-likeness (QED) is 0.573. The minimum atomic E-state index is -0.125. The van der Waals surface area contributed by atoms with Crippen LogP contribution in [0, 0.1) is 20.8 Å². The van der Waals surface area contributed by atoms with Crippen LogP contribution in [0.3, 0.4) is 0 Å². The van der Waals surface area contributed by atoms with Crippen LogP contribution in [0.1, 0.15) is 16.8 Å². The van der Waals surface area contributed by atoms with E-state index in [9.17, 15) is 4.79 Å². The van der Waals surface area contributed by atoms with Gasteiger partial charge < -0.3 is 4.98 Å². The smallest absolute Gasteiger partial charge is 0.257 e. The van der Waals surface area contributed by atoms with Gasteiger partial charge in [0, 0.05) is 11.3 Å². The Balaban J connectivity index is 1.96. The van der Waals surface area contributed by atoms with E-state index in [0.717, 1.165) is 28.2 Å². The van der Waals surface area contributed by atoms with Gasteiger partial charge in [0.1, 0.15) is 0 Å². The molecule has 0 amide bonds. The maximum absolute atomic E-state index is 12.4. The first-order valence-electron chi connectivity index (χ1n) is 8.96. The number of hydrogen-bond acceptors (Lipinski definition) is 2. The van der Waals surface area contributed by atoms with Gasteiger partial charge in [-0.3, -0.25) is 4.79 Å². The predicted molar refractivity (Wildman–Crippen MR) is 109 cm³/mol. The maximum Gasteiger partial charge on any atom is 0.257 e. The van der Waals surface area contributed by atoms with Crippen LogP contribution >= 0.6 is 0 Å². The fourth-order valence-electron chi connectivity index (χ4n) is 3.33. The van der Waals surface area contributed by atoms with Crippen molar-refractivity contribution in [1.82, 2.24) is 14.8 Å². The molecule has 2 aromatic carbocycles. The van der Waals surface area contributed by atoms with Gasteiger partial charge in [0.15, 0.2) is 0 Å². The average molecular weight is 355 g/mol. The molecule has 0 saturated carbocycles. The summed E-state index contributed by atoms with van der Waals surface area (Å²) in [4.78, 5) is 15.3. The van der Waals surface area contributed by atoms with E-state index in [4.69, 9.17) is 5.10 Å². The lowest BCUT2D eigenvalue weighted by Gasteiger charge is -2.11. The maximum atomic E-state index is 12.4. The molecule has 0 atom stereocenters. The fourth-order valence-corrected chi connectivity index (χ4v) is 3.33. The third-order valence-electron chi connectivity index (χ3n) is 4.69. The van der Waals surface area contributed by atoms with Crippen molar-refractivity contribution in [2.45, 2.75) is 20.8 Å². The van der Waals surface area contributed by atoms with Gasteiger partial charge in [0.25, 0.3) is 5.56 Å². The van der Waals surface area contributed by atoms with Crippen LogP contribution in [0.25, 0.3) is 28.2 Å². The zero-order valence-electron chi connectivity index (χ0n) is 15.7. The first-order valence-corrected chi connectivity index (χ1v) is 8.96. The molecule has 4 heteroatoms. The van der Waals surface area contributed by atoms with Crippen molar-refractivity contribution in [1.29, 1.82) is 0 Å². The van der Waals surface area contributed by atoms with Crippen molar-refractivity contribution in [3.8, 4) is 28.2 Å². The van der Waals surface area contributed by atoms with E-state index >= 15 is 0 Å². The molecule has 134 valence electrons. The molecule has 27 heavy (non-hydrogen) atoms. The summed E-state index contributed by atoms with van der Waals surface area (Å²) in [6, 6.07) is 22.1. The molecule has 0 radical (unpaired) electrons. The number of pyridine rings is 1. The molecule has 4 rings (SSSR count).